The summed E-state index contributed by atoms with van der Waals surface area (Å²) in [6, 6.07) is 8.57. The molecule has 0 saturated carbocycles. The molecule has 0 spiro atoms. The van der Waals surface area contributed by atoms with E-state index in [2.05, 4.69) is 4.98 Å². The highest BCUT2D eigenvalue weighted by Gasteiger charge is 1.98. The molecular weight excluding hydrogens is 206 g/mol. The fraction of sp³-hybridized carbons (Fsp3) is 0.0909. The van der Waals surface area contributed by atoms with E-state index < -0.39 is 11.2 Å². The van der Waals surface area contributed by atoms with Gasteiger partial charge in [-0.2, -0.15) is 0 Å². The molecule has 0 aliphatic rings. The Hall–Kier alpha value is -2.30. The summed E-state index contributed by atoms with van der Waals surface area (Å²) in [4.78, 5) is 24.5. The Morgan fingerprint density at radius 2 is 2.06 bits per heavy atom. The lowest BCUT2D eigenvalue weighted by atomic mass is 10.2. The number of rotatable bonds is 2. The fourth-order valence-electron chi connectivity index (χ4n) is 1.46. The van der Waals surface area contributed by atoms with Crippen molar-refractivity contribution in [3.05, 3.63) is 62.9 Å². The predicted molar refractivity (Wildman–Crippen MR) is 61.3 cm³/mol. The molecule has 3 N–H and O–H groups in total. The summed E-state index contributed by atoms with van der Waals surface area (Å²) in [6.07, 6.45) is 1.46. The number of anilines is 1. The van der Waals surface area contributed by atoms with Crippen LogP contribution in [0.5, 0.6) is 0 Å². The highest BCUT2D eigenvalue weighted by molar-refractivity contribution is 5.40. The zero-order valence-corrected chi connectivity index (χ0v) is 8.51. The second-order valence-corrected chi connectivity index (χ2v) is 3.48. The number of nitrogens with two attached hydrogens (primary N) is 1. The lowest BCUT2D eigenvalue weighted by Gasteiger charge is -2.05. The third kappa shape index (κ3) is 2.20. The lowest BCUT2D eigenvalue weighted by Crippen LogP contribution is -2.28. The molecule has 0 unspecified atom stereocenters. The molecule has 0 bridgehead atoms. The summed E-state index contributed by atoms with van der Waals surface area (Å²) >= 11 is 0. The third-order valence-electron chi connectivity index (χ3n) is 2.20. The van der Waals surface area contributed by atoms with Crippen LogP contribution >= 0.6 is 0 Å². The van der Waals surface area contributed by atoms with Crippen molar-refractivity contribution in [2.45, 2.75) is 6.54 Å². The highest BCUT2D eigenvalue weighted by Crippen LogP contribution is 2.06. The van der Waals surface area contributed by atoms with Crippen LogP contribution in [0.15, 0.2) is 46.1 Å². The first-order chi connectivity index (χ1) is 7.65. The van der Waals surface area contributed by atoms with E-state index in [1.807, 2.05) is 12.1 Å². The van der Waals surface area contributed by atoms with Crippen molar-refractivity contribution < 1.29 is 0 Å². The van der Waals surface area contributed by atoms with Crippen LogP contribution in [0, 0.1) is 0 Å². The van der Waals surface area contributed by atoms with Gasteiger partial charge in [0.05, 0.1) is 6.54 Å². The monoisotopic (exact) mass is 217 g/mol. The number of H-pyrrole nitrogens is 1. The van der Waals surface area contributed by atoms with Gasteiger partial charge in [0.15, 0.2) is 0 Å². The average Bonchev–Trinajstić information content (AvgIpc) is 2.22. The van der Waals surface area contributed by atoms with Gasteiger partial charge < -0.3 is 5.73 Å². The number of aromatic nitrogens is 2. The summed E-state index contributed by atoms with van der Waals surface area (Å²) in [6.45, 7) is 0.390. The van der Waals surface area contributed by atoms with Gasteiger partial charge in [-0.05, 0) is 17.7 Å². The Bertz CT molecular complexity index is 613. The fourth-order valence-corrected chi connectivity index (χ4v) is 1.46. The molecule has 0 aliphatic carbocycles. The van der Waals surface area contributed by atoms with Gasteiger partial charge in [-0.3, -0.25) is 14.3 Å². The number of aromatic amines is 1. The van der Waals surface area contributed by atoms with E-state index >= 15 is 0 Å². The van der Waals surface area contributed by atoms with E-state index in [9.17, 15) is 9.59 Å². The van der Waals surface area contributed by atoms with Crippen molar-refractivity contribution in [3.8, 4) is 0 Å². The summed E-state index contributed by atoms with van der Waals surface area (Å²) in [5, 5.41) is 0. The van der Waals surface area contributed by atoms with Crippen molar-refractivity contribution in [1.29, 1.82) is 0 Å². The van der Waals surface area contributed by atoms with Gasteiger partial charge in [0.1, 0.15) is 0 Å². The molecule has 1 aromatic carbocycles. The number of hydrogen-bond donors (Lipinski definition) is 2. The maximum Gasteiger partial charge on any atom is 0.328 e. The molecule has 0 radical (unpaired) electrons. The first kappa shape index (κ1) is 10.2. The zero-order chi connectivity index (χ0) is 11.5. The van der Waals surface area contributed by atoms with Crippen LogP contribution in [0.25, 0.3) is 0 Å². The Labute approximate surface area is 91.2 Å². The third-order valence-corrected chi connectivity index (χ3v) is 2.20. The van der Waals surface area contributed by atoms with Crippen LogP contribution in [-0.2, 0) is 6.54 Å². The predicted octanol–water partition coefficient (Wildman–Crippen LogP) is 0.167. The van der Waals surface area contributed by atoms with E-state index in [0.29, 0.717) is 12.2 Å². The lowest BCUT2D eigenvalue weighted by molar-refractivity contribution is 0.721. The summed E-state index contributed by atoms with van der Waals surface area (Å²) in [7, 11) is 0. The van der Waals surface area contributed by atoms with Gasteiger partial charge >= 0.3 is 5.69 Å². The second-order valence-electron chi connectivity index (χ2n) is 3.48. The van der Waals surface area contributed by atoms with Gasteiger partial charge in [0, 0.05) is 18.0 Å². The van der Waals surface area contributed by atoms with Crippen molar-refractivity contribution in [2.24, 2.45) is 0 Å². The number of hydrogen-bond acceptors (Lipinski definition) is 3. The van der Waals surface area contributed by atoms with Crippen LogP contribution in [0.4, 0.5) is 5.69 Å². The van der Waals surface area contributed by atoms with Gasteiger partial charge in [-0.15, -0.1) is 0 Å². The number of nitrogen functional groups attached to an aromatic ring is 1. The molecule has 1 heterocycles. The first-order valence-corrected chi connectivity index (χ1v) is 4.79. The van der Waals surface area contributed by atoms with Crippen molar-refractivity contribution in [2.75, 3.05) is 5.73 Å². The van der Waals surface area contributed by atoms with E-state index in [4.69, 9.17) is 5.73 Å². The SMILES string of the molecule is Nc1cccc(Cn2ccc(=O)[nH]c2=O)c1. The van der Waals surface area contributed by atoms with Crippen molar-refractivity contribution in [1.82, 2.24) is 9.55 Å². The summed E-state index contributed by atoms with van der Waals surface area (Å²) < 4.78 is 1.41. The molecule has 0 amide bonds. The number of nitrogens with zero attached hydrogens (tertiary/aromatic N) is 1. The van der Waals surface area contributed by atoms with E-state index in [1.54, 1.807) is 12.1 Å². The quantitative estimate of drug-likeness (QED) is 0.703. The molecule has 82 valence electrons. The summed E-state index contributed by atoms with van der Waals surface area (Å²) in [5.41, 5.74) is 6.37. The van der Waals surface area contributed by atoms with Gasteiger partial charge in [0.25, 0.3) is 5.56 Å². The van der Waals surface area contributed by atoms with Gasteiger partial charge in [-0.1, -0.05) is 12.1 Å². The molecule has 16 heavy (non-hydrogen) atoms. The standard InChI is InChI=1S/C11H11N3O2/c12-9-3-1-2-8(6-9)7-14-5-4-10(15)13-11(14)16/h1-6H,7,12H2,(H,13,15,16). The second kappa shape index (κ2) is 4.06. The van der Waals surface area contributed by atoms with Crippen LogP contribution in [0.3, 0.4) is 0 Å². The largest absolute Gasteiger partial charge is 0.399 e. The van der Waals surface area contributed by atoms with Crippen LogP contribution in [0.2, 0.25) is 0 Å². The van der Waals surface area contributed by atoms with Gasteiger partial charge in [-0.25, -0.2) is 4.79 Å². The maximum atomic E-state index is 11.4. The Morgan fingerprint density at radius 3 is 2.75 bits per heavy atom. The number of nitrogens with one attached hydrogen (secondary N) is 1. The summed E-state index contributed by atoms with van der Waals surface area (Å²) in [5.74, 6) is 0. The molecule has 2 aromatic rings. The molecule has 0 atom stereocenters. The highest BCUT2D eigenvalue weighted by atomic mass is 16.2. The van der Waals surface area contributed by atoms with Crippen LogP contribution in [-0.4, -0.2) is 9.55 Å². The zero-order valence-electron chi connectivity index (χ0n) is 8.51. The Balaban J connectivity index is 2.34. The van der Waals surface area contributed by atoms with Crippen LogP contribution in [0.1, 0.15) is 5.56 Å². The molecule has 0 saturated heterocycles. The van der Waals surface area contributed by atoms with E-state index in [0.717, 1.165) is 5.56 Å². The molecule has 0 fully saturated rings. The smallest absolute Gasteiger partial charge is 0.328 e. The molecule has 5 heteroatoms. The van der Waals surface area contributed by atoms with Gasteiger partial charge in [0.2, 0.25) is 0 Å². The minimum atomic E-state index is -0.421. The van der Waals surface area contributed by atoms with Crippen molar-refractivity contribution >= 4 is 5.69 Å². The molecule has 2 rings (SSSR count). The topological polar surface area (TPSA) is 80.9 Å². The Kier molecular flexibility index (Phi) is 2.59. The van der Waals surface area contributed by atoms with E-state index in [-0.39, 0.29) is 0 Å². The number of benzene rings is 1. The first-order valence-electron chi connectivity index (χ1n) is 4.79. The normalized spacial score (nSPS) is 10.2. The van der Waals surface area contributed by atoms with E-state index in [1.165, 1.54) is 16.8 Å². The molecule has 5 nitrogen and oxygen atoms in total. The molecule has 0 aliphatic heterocycles. The maximum absolute atomic E-state index is 11.4. The molecular formula is C11H11N3O2. The Morgan fingerprint density at radius 1 is 1.25 bits per heavy atom. The minimum absolute atomic E-state index is 0.390. The molecule has 1 aromatic heterocycles. The van der Waals surface area contributed by atoms with Crippen LogP contribution < -0.4 is 17.0 Å². The average molecular weight is 217 g/mol. The minimum Gasteiger partial charge on any atom is -0.399 e. The van der Waals surface area contributed by atoms with Crippen molar-refractivity contribution in [3.63, 3.8) is 0 Å².